The summed E-state index contributed by atoms with van der Waals surface area (Å²) >= 11 is 0. The molecule has 0 N–H and O–H groups in total. The molecule has 1 amide bonds. The molecule has 0 bridgehead atoms. The van der Waals surface area contributed by atoms with Crippen LogP contribution in [-0.2, 0) is 6.54 Å². The summed E-state index contributed by atoms with van der Waals surface area (Å²) in [5.74, 6) is 4.63. The Bertz CT molecular complexity index is 1100. The fourth-order valence-electron chi connectivity index (χ4n) is 3.97. The van der Waals surface area contributed by atoms with Gasteiger partial charge in [-0.05, 0) is 55.5 Å². The molecule has 7 heteroatoms. The minimum atomic E-state index is -0.155. The number of amides is 1. The van der Waals surface area contributed by atoms with Crippen molar-refractivity contribution >= 4 is 5.91 Å². The Kier molecular flexibility index (Phi) is 4.96. The molecule has 2 aromatic heterocycles. The number of rotatable bonds is 8. The van der Waals surface area contributed by atoms with Crippen LogP contribution in [0.5, 0.6) is 11.5 Å². The third kappa shape index (κ3) is 3.92. The second kappa shape index (κ2) is 7.80. The minimum absolute atomic E-state index is 0.155. The van der Waals surface area contributed by atoms with E-state index in [1.807, 2.05) is 17.0 Å². The summed E-state index contributed by atoms with van der Waals surface area (Å²) in [5, 5.41) is 4.06. The molecule has 1 aromatic carbocycles. The van der Waals surface area contributed by atoms with Gasteiger partial charge in [-0.25, -0.2) is 0 Å². The quantitative estimate of drug-likeness (QED) is 0.515. The van der Waals surface area contributed by atoms with Crippen molar-refractivity contribution in [1.82, 2.24) is 10.1 Å². The van der Waals surface area contributed by atoms with Crippen LogP contribution in [0.15, 0.2) is 45.3 Å². The summed E-state index contributed by atoms with van der Waals surface area (Å²) in [7, 11) is 3.18. The molecule has 2 aliphatic rings. The van der Waals surface area contributed by atoms with E-state index in [0.717, 1.165) is 24.4 Å². The van der Waals surface area contributed by atoms with Crippen molar-refractivity contribution in [3.63, 3.8) is 0 Å². The summed E-state index contributed by atoms with van der Waals surface area (Å²) in [6.45, 7) is 2.67. The van der Waals surface area contributed by atoms with E-state index in [-0.39, 0.29) is 17.6 Å². The first-order valence-electron chi connectivity index (χ1n) is 10.7. The van der Waals surface area contributed by atoms with Crippen LogP contribution < -0.4 is 9.47 Å². The average Bonchev–Trinajstić information content (AvgIpc) is 3.65. The third-order valence-corrected chi connectivity index (χ3v) is 6.13. The van der Waals surface area contributed by atoms with Crippen LogP contribution in [0.3, 0.4) is 0 Å². The van der Waals surface area contributed by atoms with Crippen molar-refractivity contribution in [1.29, 1.82) is 0 Å². The fraction of sp³-hybridized carbons (Fsp3) is 0.417. The normalized spacial score (nSPS) is 19.8. The van der Waals surface area contributed by atoms with Crippen LogP contribution in [-0.4, -0.2) is 36.2 Å². The molecule has 3 aromatic rings. The van der Waals surface area contributed by atoms with Crippen molar-refractivity contribution in [3.05, 3.63) is 53.6 Å². The van der Waals surface area contributed by atoms with Crippen LogP contribution in [0.1, 0.15) is 54.1 Å². The first-order chi connectivity index (χ1) is 15.1. The zero-order valence-electron chi connectivity index (χ0n) is 18.0. The first kappa shape index (κ1) is 19.7. The summed E-state index contributed by atoms with van der Waals surface area (Å²) in [6, 6.07) is 11.3. The number of nitrogens with zero attached hydrogens (tertiary/aromatic N) is 2. The van der Waals surface area contributed by atoms with Gasteiger partial charge >= 0.3 is 0 Å². The Morgan fingerprint density at radius 1 is 1.16 bits per heavy atom. The molecular formula is C24H26N2O5. The number of hydrogen-bond acceptors (Lipinski definition) is 6. The molecule has 0 aliphatic heterocycles. The van der Waals surface area contributed by atoms with Crippen LogP contribution in [0, 0.1) is 5.92 Å². The van der Waals surface area contributed by atoms with Gasteiger partial charge in [-0.1, -0.05) is 12.1 Å². The lowest BCUT2D eigenvalue weighted by molar-refractivity contribution is 0.0706. The largest absolute Gasteiger partial charge is 0.497 e. The molecule has 0 saturated heterocycles. The van der Waals surface area contributed by atoms with Gasteiger partial charge in [0, 0.05) is 18.0 Å². The van der Waals surface area contributed by atoms with Crippen molar-refractivity contribution < 1.29 is 23.2 Å². The van der Waals surface area contributed by atoms with Gasteiger partial charge in [-0.15, -0.1) is 0 Å². The Morgan fingerprint density at radius 3 is 2.65 bits per heavy atom. The van der Waals surface area contributed by atoms with Gasteiger partial charge < -0.3 is 23.3 Å². The molecule has 2 unspecified atom stereocenters. The second-order valence-electron chi connectivity index (χ2n) is 8.43. The van der Waals surface area contributed by atoms with Crippen molar-refractivity contribution in [2.75, 3.05) is 14.2 Å². The van der Waals surface area contributed by atoms with E-state index in [2.05, 4.69) is 12.1 Å². The first-order valence-corrected chi connectivity index (χ1v) is 10.7. The predicted octanol–water partition coefficient (Wildman–Crippen LogP) is 4.88. The molecule has 5 rings (SSSR count). The molecule has 2 fully saturated rings. The number of ether oxygens (including phenoxy) is 2. The third-order valence-electron chi connectivity index (χ3n) is 6.13. The van der Waals surface area contributed by atoms with Crippen molar-refractivity contribution in [3.8, 4) is 22.8 Å². The summed E-state index contributed by atoms with van der Waals surface area (Å²) in [6.07, 6.45) is 3.16. The number of carbonyl (C=O) groups is 1. The standard InChI is InChI=1S/C24H26N2O5/c1-14-10-18(14)22-9-7-17(30-22)13-26(15-4-5-15)24(27)20-12-23(31-25-20)19-11-16(28-2)6-8-21(19)29-3/h6-9,11-12,14-15,18H,4-5,10,13H2,1-3H3. The van der Waals surface area contributed by atoms with Crippen molar-refractivity contribution in [2.45, 2.75) is 44.7 Å². The van der Waals surface area contributed by atoms with E-state index < -0.39 is 0 Å². The van der Waals surface area contributed by atoms with E-state index in [1.165, 1.54) is 6.42 Å². The lowest BCUT2D eigenvalue weighted by atomic mass is 10.1. The van der Waals surface area contributed by atoms with E-state index in [0.29, 0.717) is 41.2 Å². The maximum atomic E-state index is 13.3. The molecule has 31 heavy (non-hydrogen) atoms. The van der Waals surface area contributed by atoms with Gasteiger partial charge in [0.25, 0.3) is 5.91 Å². The maximum absolute atomic E-state index is 13.3. The van der Waals surface area contributed by atoms with Crippen LogP contribution in [0.4, 0.5) is 0 Å². The number of benzene rings is 1. The van der Waals surface area contributed by atoms with E-state index in [1.54, 1.807) is 38.5 Å². The van der Waals surface area contributed by atoms with E-state index in [9.17, 15) is 4.79 Å². The molecule has 0 radical (unpaired) electrons. The summed E-state index contributed by atoms with van der Waals surface area (Å²) in [4.78, 5) is 15.1. The zero-order valence-corrected chi connectivity index (χ0v) is 18.0. The van der Waals surface area contributed by atoms with E-state index >= 15 is 0 Å². The smallest absolute Gasteiger partial charge is 0.276 e. The highest BCUT2D eigenvalue weighted by molar-refractivity contribution is 5.93. The summed E-state index contributed by atoms with van der Waals surface area (Å²) in [5.41, 5.74) is 0.954. The Labute approximate surface area is 180 Å². The van der Waals surface area contributed by atoms with Crippen LogP contribution >= 0.6 is 0 Å². The molecule has 0 spiro atoms. The number of furan rings is 1. The highest BCUT2D eigenvalue weighted by atomic mass is 16.5. The van der Waals surface area contributed by atoms with Gasteiger partial charge in [0.2, 0.25) is 0 Å². The van der Waals surface area contributed by atoms with Gasteiger partial charge in [-0.3, -0.25) is 4.79 Å². The highest BCUT2D eigenvalue weighted by Crippen LogP contribution is 2.47. The Hall–Kier alpha value is -3.22. The second-order valence-corrected chi connectivity index (χ2v) is 8.43. The molecular weight excluding hydrogens is 396 g/mol. The maximum Gasteiger partial charge on any atom is 0.276 e. The number of methoxy groups -OCH3 is 2. The van der Waals surface area contributed by atoms with Gasteiger partial charge in [0.05, 0.1) is 26.3 Å². The highest BCUT2D eigenvalue weighted by Gasteiger charge is 2.38. The molecule has 162 valence electrons. The molecule has 2 heterocycles. The van der Waals surface area contributed by atoms with Gasteiger partial charge in [0.1, 0.15) is 23.0 Å². The molecule has 2 saturated carbocycles. The monoisotopic (exact) mass is 422 g/mol. The predicted molar refractivity (Wildman–Crippen MR) is 113 cm³/mol. The molecule has 2 aliphatic carbocycles. The number of aromatic nitrogens is 1. The minimum Gasteiger partial charge on any atom is -0.497 e. The number of carbonyl (C=O) groups excluding carboxylic acids is 1. The van der Waals surface area contributed by atoms with E-state index in [4.69, 9.17) is 18.4 Å². The topological polar surface area (TPSA) is 77.9 Å². The Balaban J connectivity index is 1.37. The SMILES string of the molecule is COc1ccc(OC)c(-c2cc(C(=O)N(Cc3ccc(C4CC4C)o3)C3CC3)no2)c1. The lowest BCUT2D eigenvalue weighted by Crippen LogP contribution is -2.32. The summed E-state index contributed by atoms with van der Waals surface area (Å²) < 4.78 is 22.3. The van der Waals surface area contributed by atoms with Crippen LogP contribution in [0.2, 0.25) is 0 Å². The van der Waals surface area contributed by atoms with Gasteiger partial charge in [-0.2, -0.15) is 0 Å². The lowest BCUT2D eigenvalue weighted by Gasteiger charge is -2.19. The molecule has 2 atom stereocenters. The number of hydrogen-bond donors (Lipinski definition) is 0. The van der Waals surface area contributed by atoms with Crippen LogP contribution in [0.25, 0.3) is 11.3 Å². The fourth-order valence-corrected chi connectivity index (χ4v) is 3.97. The molecule has 7 nitrogen and oxygen atoms in total. The Morgan fingerprint density at radius 2 is 1.97 bits per heavy atom. The zero-order chi connectivity index (χ0) is 21.5. The van der Waals surface area contributed by atoms with Crippen molar-refractivity contribution in [2.24, 2.45) is 5.92 Å². The average molecular weight is 422 g/mol. The van der Waals surface area contributed by atoms with Gasteiger partial charge in [0.15, 0.2) is 11.5 Å².